The molecule has 4 amide bonds. The fraction of sp³-hybridized carbons (Fsp3) is 0.526. The van der Waals surface area contributed by atoms with Crippen LogP contribution < -0.4 is 20.1 Å². The molecule has 0 aromatic heterocycles. The molecular formula is C19H27N3O5S. The summed E-state index contributed by atoms with van der Waals surface area (Å²) in [6.45, 7) is 8.36. The molecule has 0 radical (unpaired) electrons. The summed E-state index contributed by atoms with van der Waals surface area (Å²) < 4.78 is 11.0. The lowest BCUT2D eigenvalue weighted by Crippen LogP contribution is -2.40. The Labute approximate surface area is 169 Å². The Morgan fingerprint density at radius 1 is 1.21 bits per heavy atom. The lowest BCUT2D eigenvalue weighted by atomic mass is 10.1. The summed E-state index contributed by atoms with van der Waals surface area (Å²) in [5, 5.41) is 5.46. The van der Waals surface area contributed by atoms with Crippen molar-refractivity contribution in [3.63, 3.8) is 0 Å². The van der Waals surface area contributed by atoms with Crippen molar-refractivity contribution in [2.45, 2.75) is 33.2 Å². The van der Waals surface area contributed by atoms with Crippen LogP contribution in [-0.2, 0) is 9.59 Å². The van der Waals surface area contributed by atoms with Gasteiger partial charge in [-0.25, -0.2) is 4.79 Å². The van der Waals surface area contributed by atoms with Crippen molar-refractivity contribution >= 4 is 35.3 Å². The molecule has 0 atom stereocenters. The van der Waals surface area contributed by atoms with Gasteiger partial charge in [0.05, 0.1) is 24.7 Å². The van der Waals surface area contributed by atoms with Crippen LogP contribution in [0.25, 0.3) is 0 Å². The summed E-state index contributed by atoms with van der Waals surface area (Å²) in [6.07, 6.45) is 0. The second-order valence-corrected chi connectivity index (χ2v) is 7.74. The number of amides is 4. The number of carbonyl (C=O) groups excluding carboxylic acids is 3. The van der Waals surface area contributed by atoms with Crippen molar-refractivity contribution in [2.24, 2.45) is 0 Å². The van der Waals surface area contributed by atoms with Crippen molar-refractivity contribution in [2.75, 3.05) is 36.6 Å². The van der Waals surface area contributed by atoms with E-state index in [1.807, 2.05) is 13.8 Å². The van der Waals surface area contributed by atoms with Gasteiger partial charge in [0.1, 0.15) is 17.0 Å². The molecule has 2 rings (SSSR count). The van der Waals surface area contributed by atoms with Crippen molar-refractivity contribution in [1.29, 1.82) is 0 Å². The Morgan fingerprint density at radius 2 is 1.93 bits per heavy atom. The number of anilines is 1. The van der Waals surface area contributed by atoms with Gasteiger partial charge in [0.25, 0.3) is 5.91 Å². The van der Waals surface area contributed by atoms with Gasteiger partial charge in [-0.3, -0.25) is 14.5 Å². The summed E-state index contributed by atoms with van der Waals surface area (Å²) >= 11 is 1.35. The average Bonchev–Trinajstić information content (AvgIpc) is 2.82. The second kappa shape index (κ2) is 9.68. The quantitative estimate of drug-likeness (QED) is 0.455. The molecule has 0 aliphatic carbocycles. The highest BCUT2D eigenvalue weighted by atomic mass is 32.2. The first-order chi connectivity index (χ1) is 13.3. The molecule has 154 valence electrons. The minimum Gasteiger partial charge on any atom is -0.494 e. The van der Waals surface area contributed by atoms with Crippen LogP contribution >= 0.6 is 11.8 Å². The van der Waals surface area contributed by atoms with Gasteiger partial charge >= 0.3 is 6.03 Å². The Bertz CT molecular complexity index is 738. The average molecular weight is 410 g/mol. The van der Waals surface area contributed by atoms with E-state index in [4.69, 9.17) is 9.47 Å². The number of nitrogens with zero attached hydrogens (tertiary/aromatic N) is 1. The number of hydrogen-bond donors (Lipinski definition) is 2. The SMILES string of the molecule is CCOc1ccc(OCC)c(NC(=O)CSCCN2C(=O)NC(C)(C)C2=O)c1. The van der Waals surface area contributed by atoms with Gasteiger partial charge < -0.3 is 20.1 Å². The second-order valence-electron chi connectivity index (χ2n) is 6.64. The van der Waals surface area contributed by atoms with Crippen LogP contribution in [-0.4, -0.2) is 59.5 Å². The number of rotatable bonds is 10. The van der Waals surface area contributed by atoms with E-state index < -0.39 is 11.6 Å². The molecule has 1 aliphatic rings. The monoisotopic (exact) mass is 409 g/mol. The number of urea groups is 1. The molecule has 1 fully saturated rings. The number of imide groups is 1. The largest absolute Gasteiger partial charge is 0.494 e. The first kappa shape index (κ1) is 21.9. The van der Waals surface area contributed by atoms with E-state index >= 15 is 0 Å². The maximum Gasteiger partial charge on any atom is 0.325 e. The Kier molecular flexibility index (Phi) is 7.56. The van der Waals surface area contributed by atoms with Gasteiger partial charge in [0.15, 0.2) is 0 Å². The highest BCUT2D eigenvalue weighted by Crippen LogP contribution is 2.29. The van der Waals surface area contributed by atoms with Crippen molar-refractivity contribution in [3.05, 3.63) is 18.2 Å². The number of nitrogens with one attached hydrogen (secondary N) is 2. The smallest absolute Gasteiger partial charge is 0.325 e. The number of benzene rings is 1. The zero-order valence-electron chi connectivity index (χ0n) is 16.7. The summed E-state index contributed by atoms with van der Waals surface area (Å²) in [5.41, 5.74) is -0.324. The van der Waals surface area contributed by atoms with Gasteiger partial charge in [0.2, 0.25) is 5.91 Å². The van der Waals surface area contributed by atoms with Crippen molar-refractivity contribution in [3.8, 4) is 11.5 Å². The van der Waals surface area contributed by atoms with E-state index in [9.17, 15) is 14.4 Å². The third kappa shape index (κ3) is 5.54. The number of thioether (sulfide) groups is 1. The maximum atomic E-state index is 12.3. The predicted molar refractivity (Wildman–Crippen MR) is 109 cm³/mol. The Morgan fingerprint density at radius 3 is 2.54 bits per heavy atom. The third-order valence-corrected chi connectivity index (χ3v) is 4.91. The molecule has 1 heterocycles. The standard InChI is InChI=1S/C19H27N3O5S/c1-5-26-13-7-8-15(27-6-2)14(11-13)20-16(23)12-28-10-9-22-17(24)19(3,4)21-18(22)25/h7-8,11H,5-6,9-10,12H2,1-4H3,(H,20,23)(H,21,25). The van der Waals surface area contributed by atoms with Gasteiger partial charge in [-0.05, 0) is 39.8 Å². The molecule has 0 saturated carbocycles. The topological polar surface area (TPSA) is 97.0 Å². The molecule has 1 aliphatic heterocycles. The number of carbonyl (C=O) groups is 3. The van der Waals surface area contributed by atoms with Crippen LogP contribution in [0.2, 0.25) is 0 Å². The maximum absolute atomic E-state index is 12.3. The lowest BCUT2D eigenvalue weighted by molar-refractivity contribution is -0.130. The highest BCUT2D eigenvalue weighted by Gasteiger charge is 2.43. The molecule has 1 aromatic rings. The van der Waals surface area contributed by atoms with E-state index in [1.165, 1.54) is 16.7 Å². The predicted octanol–water partition coefficient (Wildman–Crippen LogP) is 2.49. The minimum atomic E-state index is -0.875. The fourth-order valence-electron chi connectivity index (χ4n) is 2.67. The van der Waals surface area contributed by atoms with Crippen LogP contribution in [0, 0.1) is 0 Å². The van der Waals surface area contributed by atoms with Crippen LogP contribution in [0.15, 0.2) is 18.2 Å². The molecular weight excluding hydrogens is 382 g/mol. The minimum absolute atomic E-state index is 0.192. The van der Waals surface area contributed by atoms with E-state index in [-0.39, 0.29) is 24.1 Å². The molecule has 2 N–H and O–H groups in total. The highest BCUT2D eigenvalue weighted by molar-refractivity contribution is 7.99. The van der Waals surface area contributed by atoms with Crippen molar-refractivity contribution < 1.29 is 23.9 Å². The van der Waals surface area contributed by atoms with Crippen LogP contribution in [0.5, 0.6) is 11.5 Å². The van der Waals surface area contributed by atoms with Crippen LogP contribution in [0.1, 0.15) is 27.7 Å². The van der Waals surface area contributed by atoms with Crippen LogP contribution in [0.3, 0.4) is 0 Å². The first-order valence-electron chi connectivity index (χ1n) is 9.19. The molecule has 8 nitrogen and oxygen atoms in total. The van der Waals surface area contributed by atoms with Gasteiger partial charge in [-0.2, -0.15) is 11.8 Å². The molecule has 9 heteroatoms. The fourth-order valence-corrected chi connectivity index (χ4v) is 3.39. The molecule has 0 spiro atoms. The summed E-state index contributed by atoms with van der Waals surface area (Å²) in [7, 11) is 0. The van der Waals surface area contributed by atoms with E-state index in [2.05, 4.69) is 10.6 Å². The van der Waals surface area contributed by atoms with Crippen molar-refractivity contribution in [1.82, 2.24) is 10.2 Å². The van der Waals surface area contributed by atoms with E-state index in [0.29, 0.717) is 36.2 Å². The van der Waals surface area contributed by atoms with E-state index in [1.54, 1.807) is 32.0 Å². The zero-order valence-corrected chi connectivity index (χ0v) is 17.5. The summed E-state index contributed by atoms with van der Waals surface area (Å²) in [4.78, 5) is 37.4. The zero-order chi connectivity index (χ0) is 20.7. The normalized spacial score (nSPS) is 15.4. The summed E-state index contributed by atoms with van der Waals surface area (Å²) in [6, 6.07) is 4.88. The number of ether oxygens (including phenoxy) is 2. The molecule has 1 saturated heterocycles. The van der Waals surface area contributed by atoms with Gasteiger partial charge in [-0.1, -0.05) is 0 Å². The third-order valence-electron chi connectivity index (χ3n) is 3.97. The lowest BCUT2D eigenvalue weighted by Gasteiger charge is -2.16. The van der Waals surface area contributed by atoms with Gasteiger partial charge in [-0.15, -0.1) is 0 Å². The van der Waals surface area contributed by atoms with Gasteiger partial charge in [0, 0.05) is 18.4 Å². The molecule has 0 bridgehead atoms. The molecule has 1 aromatic carbocycles. The number of hydrogen-bond acceptors (Lipinski definition) is 6. The first-order valence-corrected chi connectivity index (χ1v) is 10.3. The Balaban J connectivity index is 1.85. The Hall–Kier alpha value is -2.42. The molecule has 0 unspecified atom stereocenters. The van der Waals surface area contributed by atoms with Crippen LogP contribution in [0.4, 0.5) is 10.5 Å². The molecule has 28 heavy (non-hydrogen) atoms. The van der Waals surface area contributed by atoms with E-state index in [0.717, 1.165) is 0 Å². The summed E-state index contributed by atoms with van der Waals surface area (Å²) in [5.74, 6) is 1.44.